The molecule has 0 saturated carbocycles. The van der Waals surface area contributed by atoms with Gasteiger partial charge in [-0.1, -0.05) is 0 Å². The van der Waals surface area contributed by atoms with Crippen molar-refractivity contribution in [3.05, 3.63) is 77.9 Å². The summed E-state index contributed by atoms with van der Waals surface area (Å²) >= 11 is 0. The second kappa shape index (κ2) is 11.0. The zero-order chi connectivity index (χ0) is 26.4. The van der Waals surface area contributed by atoms with Crippen molar-refractivity contribution in [1.82, 2.24) is 0 Å². The number of alkyl halides is 3. The molecule has 0 atom stereocenters. The third kappa shape index (κ3) is 6.38. The molecule has 4 rings (SSSR count). The number of anilines is 5. The SMILES string of the molecule is N#Cc1cc(NC(=O)c2ccc(N3CCC(C(F)(F)F)CC3)cc2)ccc1Nc1ccc(NC=O)cc1. The van der Waals surface area contributed by atoms with Gasteiger partial charge in [0.05, 0.1) is 17.2 Å². The van der Waals surface area contributed by atoms with E-state index in [1.165, 1.54) is 0 Å². The summed E-state index contributed by atoms with van der Waals surface area (Å²) in [6.45, 7) is 0.625. The quantitative estimate of drug-likeness (QED) is 0.346. The molecule has 3 aromatic rings. The molecule has 0 spiro atoms. The number of carbonyl (C=O) groups excluding carboxylic acids is 2. The van der Waals surface area contributed by atoms with Crippen LogP contribution in [0.4, 0.5) is 41.6 Å². The maximum atomic E-state index is 12.9. The largest absolute Gasteiger partial charge is 0.391 e. The zero-order valence-corrected chi connectivity index (χ0v) is 19.7. The lowest BCUT2D eigenvalue weighted by molar-refractivity contribution is -0.179. The van der Waals surface area contributed by atoms with Crippen LogP contribution in [0.15, 0.2) is 66.7 Å². The van der Waals surface area contributed by atoms with Crippen molar-refractivity contribution in [3.8, 4) is 6.07 Å². The molecule has 1 fully saturated rings. The minimum Gasteiger partial charge on any atom is -0.372 e. The minimum absolute atomic E-state index is 0.0561. The van der Waals surface area contributed by atoms with Crippen molar-refractivity contribution in [2.45, 2.75) is 19.0 Å². The molecule has 0 aliphatic carbocycles. The zero-order valence-electron chi connectivity index (χ0n) is 19.7. The van der Waals surface area contributed by atoms with E-state index in [4.69, 9.17) is 0 Å². The summed E-state index contributed by atoms with van der Waals surface area (Å²) < 4.78 is 38.7. The first-order chi connectivity index (χ1) is 17.8. The summed E-state index contributed by atoms with van der Waals surface area (Å²) in [5.41, 5.74) is 3.83. The Kier molecular flexibility index (Phi) is 7.63. The molecule has 1 saturated heterocycles. The fraction of sp³-hybridized carbons (Fsp3) is 0.222. The summed E-state index contributed by atoms with van der Waals surface area (Å²) in [6.07, 6.45) is -3.46. The van der Waals surface area contributed by atoms with Gasteiger partial charge in [0.2, 0.25) is 6.41 Å². The van der Waals surface area contributed by atoms with E-state index in [9.17, 15) is 28.0 Å². The summed E-state index contributed by atoms with van der Waals surface area (Å²) in [5, 5.41) is 18.0. The van der Waals surface area contributed by atoms with Gasteiger partial charge in [-0.05, 0) is 79.6 Å². The molecule has 1 heterocycles. The van der Waals surface area contributed by atoms with Crippen LogP contribution in [0.3, 0.4) is 0 Å². The number of rotatable bonds is 7. The third-order valence-electron chi connectivity index (χ3n) is 6.24. The third-order valence-corrected chi connectivity index (χ3v) is 6.24. The highest BCUT2D eigenvalue weighted by Crippen LogP contribution is 2.35. The van der Waals surface area contributed by atoms with Crippen LogP contribution in [-0.2, 0) is 4.79 Å². The van der Waals surface area contributed by atoms with Gasteiger partial charge in [0.15, 0.2) is 0 Å². The van der Waals surface area contributed by atoms with Crippen molar-refractivity contribution >= 4 is 40.8 Å². The van der Waals surface area contributed by atoms with Crippen LogP contribution in [0.1, 0.15) is 28.8 Å². The van der Waals surface area contributed by atoms with E-state index in [1.54, 1.807) is 66.7 Å². The number of hydrogen-bond acceptors (Lipinski definition) is 5. The fourth-order valence-electron chi connectivity index (χ4n) is 4.19. The van der Waals surface area contributed by atoms with Crippen LogP contribution in [0.2, 0.25) is 0 Å². The van der Waals surface area contributed by atoms with Crippen molar-refractivity contribution in [3.63, 3.8) is 0 Å². The Balaban J connectivity index is 1.37. The molecule has 190 valence electrons. The van der Waals surface area contributed by atoms with Gasteiger partial charge in [0, 0.05) is 41.4 Å². The van der Waals surface area contributed by atoms with Crippen LogP contribution in [0, 0.1) is 17.2 Å². The molecule has 0 unspecified atom stereocenters. The first-order valence-corrected chi connectivity index (χ1v) is 11.6. The highest BCUT2D eigenvalue weighted by Gasteiger charge is 2.41. The van der Waals surface area contributed by atoms with E-state index >= 15 is 0 Å². The van der Waals surface area contributed by atoms with Gasteiger partial charge in [0.1, 0.15) is 6.07 Å². The number of carbonyl (C=O) groups is 2. The van der Waals surface area contributed by atoms with E-state index in [-0.39, 0.29) is 18.7 Å². The first kappa shape index (κ1) is 25.6. The summed E-state index contributed by atoms with van der Waals surface area (Å²) in [7, 11) is 0. The van der Waals surface area contributed by atoms with Gasteiger partial charge >= 0.3 is 6.18 Å². The Hall–Kier alpha value is -4.52. The van der Waals surface area contributed by atoms with Crippen LogP contribution >= 0.6 is 0 Å². The van der Waals surface area contributed by atoms with E-state index in [2.05, 4.69) is 22.0 Å². The molecule has 7 nitrogen and oxygen atoms in total. The lowest BCUT2D eigenvalue weighted by Crippen LogP contribution is -2.39. The molecule has 2 amide bonds. The molecular weight excluding hydrogens is 483 g/mol. The minimum atomic E-state index is -4.16. The maximum Gasteiger partial charge on any atom is 0.391 e. The van der Waals surface area contributed by atoms with Crippen molar-refractivity contribution < 1.29 is 22.8 Å². The average Bonchev–Trinajstić information content (AvgIpc) is 2.90. The Morgan fingerprint density at radius 3 is 2.16 bits per heavy atom. The number of halogens is 3. The van der Waals surface area contributed by atoms with Crippen molar-refractivity contribution in [1.29, 1.82) is 5.26 Å². The molecule has 0 bridgehead atoms. The molecule has 0 aromatic heterocycles. The lowest BCUT2D eigenvalue weighted by atomic mass is 9.96. The number of piperidine rings is 1. The monoisotopic (exact) mass is 507 g/mol. The van der Waals surface area contributed by atoms with Gasteiger partial charge in [-0.25, -0.2) is 0 Å². The lowest BCUT2D eigenvalue weighted by Gasteiger charge is -2.34. The molecule has 3 N–H and O–H groups in total. The Morgan fingerprint density at radius 1 is 0.946 bits per heavy atom. The van der Waals surface area contributed by atoms with Crippen LogP contribution in [0.25, 0.3) is 0 Å². The van der Waals surface area contributed by atoms with Crippen LogP contribution in [0.5, 0.6) is 0 Å². The summed E-state index contributed by atoms with van der Waals surface area (Å²) in [6, 6.07) is 20.7. The smallest absolute Gasteiger partial charge is 0.372 e. The molecule has 1 aliphatic rings. The molecule has 3 aromatic carbocycles. The van der Waals surface area contributed by atoms with Gasteiger partial charge in [-0.2, -0.15) is 18.4 Å². The Bertz CT molecular complexity index is 1290. The highest BCUT2D eigenvalue weighted by atomic mass is 19.4. The molecule has 0 radical (unpaired) electrons. The first-order valence-electron chi connectivity index (χ1n) is 11.6. The van der Waals surface area contributed by atoms with Crippen molar-refractivity contribution in [2.24, 2.45) is 5.92 Å². The normalized spacial score (nSPS) is 13.9. The second-order valence-electron chi connectivity index (χ2n) is 8.64. The fourth-order valence-corrected chi connectivity index (χ4v) is 4.19. The molecule has 37 heavy (non-hydrogen) atoms. The predicted molar refractivity (Wildman–Crippen MR) is 136 cm³/mol. The molecule has 1 aliphatic heterocycles. The summed E-state index contributed by atoms with van der Waals surface area (Å²) in [4.78, 5) is 25.2. The van der Waals surface area contributed by atoms with Gasteiger partial charge < -0.3 is 20.9 Å². The van der Waals surface area contributed by atoms with Gasteiger partial charge in [-0.3, -0.25) is 9.59 Å². The predicted octanol–water partition coefficient (Wildman–Crippen LogP) is 5.90. The second-order valence-corrected chi connectivity index (χ2v) is 8.64. The number of nitrogens with one attached hydrogen (secondary N) is 3. The van der Waals surface area contributed by atoms with Crippen LogP contribution < -0.4 is 20.9 Å². The molecule has 10 heteroatoms. The average molecular weight is 508 g/mol. The molecular formula is C27H24F3N5O2. The van der Waals surface area contributed by atoms with Crippen molar-refractivity contribution in [2.75, 3.05) is 33.9 Å². The standard InChI is InChI=1S/C27H24F3N5O2/c28-27(29,30)20-11-13-35(14-12-20)24-8-1-18(2-9-24)26(37)34-23-7-10-25(19(15-23)16-31)33-22-5-3-21(4-6-22)32-17-36/h1-10,15,17,20,33H,11-14H2,(H,32,36)(H,34,37). The number of nitrogens with zero attached hydrogens (tertiary/aromatic N) is 2. The maximum absolute atomic E-state index is 12.9. The number of benzene rings is 3. The number of amides is 2. The van der Waals surface area contributed by atoms with E-state index in [1.807, 2.05) is 4.90 Å². The Labute approximate surface area is 211 Å². The highest BCUT2D eigenvalue weighted by molar-refractivity contribution is 6.04. The van der Waals surface area contributed by atoms with E-state index < -0.39 is 12.1 Å². The number of hydrogen-bond donors (Lipinski definition) is 3. The van der Waals surface area contributed by atoms with E-state index in [0.29, 0.717) is 53.4 Å². The summed E-state index contributed by atoms with van der Waals surface area (Å²) in [5.74, 6) is -1.63. The Morgan fingerprint density at radius 2 is 1.57 bits per heavy atom. The van der Waals surface area contributed by atoms with Gasteiger partial charge in [0.25, 0.3) is 5.91 Å². The topological polar surface area (TPSA) is 97.3 Å². The van der Waals surface area contributed by atoms with E-state index in [0.717, 1.165) is 5.69 Å². The van der Waals surface area contributed by atoms with Crippen LogP contribution in [-0.4, -0.2) is 31.6 Å². The van der Waals surface area contributed by atoms with Gasteiger partial charge in [-0.15, -0.1) is 0 Å². The number of nitriles is 1.